The van der Waals surface area contributed by atoms with Crippen molar-refractivity contribution in [3.8, 4) is 0 Å². The Morgan fingerprint density at radius 1 is 0.895 bits per heavy atom. The molecular formula is C11H11F6NO. The van der Waals surface area contributed by atoms with Gasteiger partial charge < -0.3 is 10.8 Å². The van der Waals surface area contributed by atoms with Gasteiger partial charge in [0.15, 0.2) is 0 Å². The van der Waals surface area contributed by atoms with Gasteiger partial charge in [0.05, 0.1) is 16.7 Å². The van der Waals surface area contributed by atoms with E-state index in [9.17, 15) is 31.4 Å². The van der Waals surface area contributed by atoms with Gasteiger partial charge in [-0.15, -0.1) is 0 Å². The molecule has 1 aromatic carbocycles. The molecule has 108 valence electrons. The van der Waals surface area contributed by atoms with Crippen molar-refractivity contribution >= 4 is 0 Å². The zero-order chi connectivity index (χ0) is 15.1. The number of nitrogens with two attached hydrogens (primary N) is 1. The van der Waals surface area contributed by atoms with Crippen LogP contribution in [-0.4, -0.2) is 11.7 Å². The zero-order valence-corrected chi connectivity index (χ0v) is 9.73. The molecule has 0 bridgehead atoms. The summed E-state index contributed by atoms with van der Waals surface area (Å²) in [5.74, 6) is 0. The highest BCUT2D eigenvalue weighted by atomic mass is 19.4. The summed E-state index contributed by atoms with van der Waals surface area (Å²) in [4.78, 5) is 0. The number of rotatable bonds is 2. The number of alkyl halides is 6. The van der Waals surface area contributed by atoms with Crippen molar-refractivity contribution in [2.75, 3.05) is 6.54 Å². The van der Waals surface area contributed by atoms with Crippen LogP contribution in [0.4, 0.5) is 26.3 Å². The van der Waals surface area contributed by atoms with Crippen molar-refractivity contribution < 1.29 is 31.4 Å². The molecule has 0 aliphatic rings. The molecule has 0 amide bonds. The first-order valence-electron chi connectivity index (χ1n) is 5.10. The van der Waals surface area contributed by atoms with E-state index < -0.39 is 41.2 Å². The first kappa shape index (κ1) is 15.8. The minimum Gasteiger partial charge on any atom is -0.384 e. The highest BCUT2D eigenvalue weighted by Gasteiger charge is 2.38. The molecule has 0 radical (unpaired) electrons. The molecule has 0 saturated heterocycles. The molecule has 8 heteroatoms. The van der Waals surface area contributed by atoms with Crippen LogP contribution in [0.2, 0.25) is 0 Å². The minimum absolute atomic E-state index is 0.00387. The normalized spacial score (nSPS) is 16.3. The van der Waals surface area contributed by atoms with Gasteiger partial charge >= 0.3 is 12.4 Å². The summed E-state index contributed by atoms with van der Waals surface area (Å²) in [6.45, 7) is 0.536. The van der Waals surface area contributed by atoms with Crippen molar-refractivity contribution in [1.29, 1.82) is 0 Å². The van der Waals surface area contributed by atoms with Gasteiger partial charge in [-0.05, 0) is 30.7 Å². The lowest BCUT2D eigenvalue weighted by atomic mass is 9.92. The van der Waals surface area contributed by atoms with Crippen LogP contribution in [0.25, 0.3) is 0 Å². The standard InChI is InChI=1S/C11H11F6NO/c1-9(19,5-18)6-2-7(10(12,13)14)4-8(3-6)11(15,16)17/h2-4,19H,5,18H2,1H3. The van der Waals surface area contributed by atoms with Gasteiger partial charge in [-0.3, -0.25) is 0 Å². The minimum atomic E-state index is -4.94. The summed E-state index contributed by atoms with van der Waals surface area (Å²) in [6.07, 6.45) is -9.89. The molecule has 0 saturated carbocycles. The van der Waals surface area contributed by atoms with Gasteiger partial charge in [-0.25, -0.2) is 0 Å². The van der Waals surface area contributed by atoms with Crippen molar-refractivity contribution in [3.05, 3.63) is 34.9 Å². The lowest BCUT2D eigenvalue weighted by Gasteiger charge is -2.24. The molecule has 0 aromatic heterocycles. The van der Waals surface area contributed by atoms with Gasteiger partial charge in [0, 0.05) is 6.54 Å². The quantitative estimate of drug-likeness (QED) is 0.822. The Morgan fingerprint density at radius 2 is 1.21 bits per heavy atom. The highest BCUT2D eigenvalue weighted by Crippen LogP contribution is 2.38. The van der Waals surface area contributed by atoms with E-state index in [4.69, 9.17) is 5.73 Å². The second kappa shape index (κ2) is 4.68. The third-order valence-corrected chi connectivity index (χ3v) is 2.61. The molecule has 1 unspecified atom stereocenters. The fourth-order valence-corrected chi connectivity index (χ4v) is 1.38. The molecular weight excluding hydrogens is 276 g/mol. The molecule has 0 aliphatic carbocycles. The van der Waals surface area contributed by atoms with Crippen LogP contribution >= 0.6 is 0 Å². The van der Waals surface area contributed by atoms with Crippen LogP contribution in [0.5, 0.6) is 0 Å². The summed E-state index contributed by atoms with van der Waals surface area (Å²) in [7, 11) is 0. The molecule has 3 N–H and O–H groups in total. The number of hydrogen-bond acceptors (Lipinski definition) is 2. The highest BCUT2D eigenvalue weighted by molar-refractivity contribution is 5.36. The topological polar surface area (TPSA) is 46.2 Å². The first-order valence-corrected chi connectivity index (χ1v) is 5.10. The Bertz CT molecular complexity index is 431. The summed E-state index contributed by atoms with van der Waals surface area (Å²) in [5.41, 5.74) is -0.318. The largest absolute Gasteiger partial charge is 0.416 e. The molecule has 0 aliphatic heterocycles. The van der Waals surface area contributed by atoms with Crippen LogP contribution in [0.15, 0.2) is 18.2 Å². The van der Waals surface area contributed by atoms with E-state index in [-0.39, 0.29) is 6.07 Å². The molecule has 0 heterocycles. The lowest BCUT2D eigenvalue weighted by molar-refractivity contribution is -0.143. The van der Waals surface area contributed by atoms with E-state index in [1.165, 1.54) is 0 Å². The molecule has 19 heavy (non-hydrogen) atoms. The maximum absolute atomic E-state index is 12.5. The summed E-state index contributed by atoms with van der Waals surface area (Å²) >= 11 is 0. The van der Waals surface area contributed by atoms with Crippen LogP contribution in [0.1, 0.15) is 23.6 Å². The van der Waals surface area contributed by atoms with E-state index in [0.717, 1.165) is 6.92 Å². The van der Waals surface area contributed by atoms with E-state index in [1.807, 2.05) is 0 Å². The fourth-order valence-electron chi connectivity index (χ4n) is 1.38. The van der Waals surface area contributed by atoms with Gasteiger partial charge in [0.2, 0.25) is 0 Å². The Kier molecular flexibility index (Phi) is 3.88. The van der Waals surface area contributed by atoms with Crippen LogP contribution < -0.4 is 5.73 Å². The van der Waals surface area contributed by atoms with E-state index >= 15 is 0 Å². The second-order valence-electron chi connectivity index (χ2n) is 4.27. The Labute approximate surface area is 104 Å². The van der Waals surface area contributed by atoms with Crippen molar-refractivity contribution in [3.63, 3.8) is 0 Å². The van der Waals surface area contributed by atoms with E-state index in [0.29, 0.717) is 12.1 Å². The molecule has 1 rings (SSSR count). The van der Waals surface area contributed by atoms with E-state index in [1.54, 1.807) is 0 Å². The predicted molar refractivity (Wildman–Crippen MR) is 55.1 cm³/mol. The monoisotopic (exact) mass is 287 g/mol. The second-order valence-corrected chi connectivity index (χ2v) is 4.27. The summed E-state index contributed by atoms with van der Waals surface area (Å²) < 4.78 is 75.3. The Morgan fingerprint density at radius 3 is 1.47 bits per heavy atom. The van der Waals surface area contributed by atoms with Gasteiger partial charge in [0.25, 0.3) is 0 Å². The van der Waals surface area contributed by atoms with Crippen molar-refractivity contribution in [1.82, 2.24) is 0 Å². The average Bonchev–Trinajstić information content (AvgIpc) is 2.26. The number of benzene rings is 1. The van der Waals surface area contributed by atoms with Gasteiger partial charge in [-0.1, -0.05) is 0 Å². The van der Waals surface area contributed by atoms with Gasteiger partial charge in [-0.2, -0.15) is 26.3 Å². The average molecular weight is 287 g/mol. The summed E-state index contributed by atoms with van der Waals surface area (Å²) in [6, 6.07) is 0.917. The smallest absolute Gasteiger partial charge is 0.384 e. The molecule has 2 nitrogen and oxygen atoms in total. The summed E-state index contributed by atoms with van der Waals surface area (Å²) in [5, 5.41) is 9.72. The molecule has 0 fully saturated rings. The molecule has 0 spiro atoms. The first-order chi connectivity index (χ1) is 8.38. The maximum atomic E-state index is 12.5. The number of halogens is 6. The fraction of sp³-hybridized carbons (Fsp3) is 0.455. The van der Waals surface area contributed by atoms with Crippen molar-refractivity contribution in [2.45, 2.75) is 24.9 Å². The third-order valence-electron chi connectivity index (χ3n) is 2.61. The third kappa shape index (κ3) is 3.60. The van der Waals surface area contributed by atoms with Crippen molar-refractivity contribution in [2.24, 2.45) is 5.73 Å². The maximum Gasteiger partial charge on any atom is 0.416 e. The molecule has 1 aromatic rings. The number of aliphatic hydroxyl groups is 1. The predicted octanol–water partition coefficient (Wildman–Crippen LogP) is 2.89. The Hall–Kier alpha value is -1.28. The van der Waals surface area contributed by atoms with Gasteiger partial charge in [0.1, 0.15) is 0 Å². The Balaban J connectivity index is 3.51. The van der Waals surface area contributed by atoms with E-state index in [2.05, 4.69) is 0 Å². The SMILES string of the molecule is CC(O)(CN)c1cc(C(F)(F)F)cc(C(F)(F)F)c1. The zero-order valence-electron chi connectivity index (χ0n) is 9.73. The molecule has 1 atom stereocenters. The lowest BCUT2D eigenvalue weighted by Crippen LogP contribution is -2.32. The van der Waals surface area contributed by atoms with Crippen LogP contribution in [0, 0.1) is 0 Å². The van der Waals surface area contributed by atoms with Crippen LogP contribution in [-0.2, 0) is 18.0 Å². The van der Waals surface area contributed by atoms with Crippen LogP contribution in [0.3, 0.4) is 0 Å². The number of hydrogen-bond donors (Lipinski definition) is 2.